The highest BCUT2D eigenvalue weighted by molar-refractivity contribution is 6.32. The summed E-state index contributed by atoms with van der Waals surface area (Å²) in [5.41, 5.74) is 14.4. The molecule has 0 unspecified atom stereocenters. The molecule has 33 heteroatoms. The van der Waals surface area contributed by atoms with Crippen LogP contribution in [0.15, 0.2) is 310 Å². The number of amides is 4. The fraction of sp³-hybridized carbons (Fsp3) is 0.214. The molecule has 0 aliphatic carbocycles. The first-order valence-corrected chi connectivity index (χ1v) is 46.1. The van der Waals surface area contributed by atoms with E-state index >= 15 is 0 Å². The van der Waals surface area contributed by atoms with Crippen LogP contribution in [-0.4, -0.2) is 236 Å². The quantitative estimate of drug-likeness (QED) is 0.0609. The summed E-state index contributed by atoms with van der Waals surface area (Å²) in [6, 6.07) is 87.9. The van der Waals surface area contributed by atoms with Gasteiger partial charge in [0.25, 0.3) is 0 Å². The summed E-state index contributed by atoms with van der Waals surface area (Å²) in [6.45, 7) is 11.3. The Labute approximate surface area is 807 Å². The molecule has 0 N–H and O–H groups in total. The van der Waals surface area contributed by atoms with Crippen molar-refractivity contribution in [3.63, 3.8) is 0 Å². The molecule has 20 rings (SSSR count). The van der Waals surface area contributed by atoms with Crippen molar-refractivity contribution in [3.8, 4) is 102 Å². The predicted octanol–water partition coefficient (Wildman–Crippen LogP) is 16.7. The molecule has 0 atom stereocenters. The molecule has 4 saturated heterocycles. The molecule has 688 valence electrons. The van der Waals surface area contributed by atoms with E-state index in [0.29, 0.717) is 135 Å². The fourth-order valence-electron chi connectivity index (χ4n) is 16.5. The number of carbonyl (C=O) groups excluding carboxylic acids is 4. The van der Waals surface area contributed by atoms with Gasteiger partial charge in [0.05, 0.1) is 72.2 Å². The Morgan fingerprint density at radius 2 is 0.566 bits per heavy atom. The van der Waals surface area contributed by atoms with Crippen LogP contribution in [0.4, 0.5) is 23.5 Å². The van der Waals surface area contributed by atoms with E-state index in [1.165, 1.54) is 6.33 Å². The zero-order valence-electron chi connectivity index (χ0n) is 74.8. The Bertz CT molecular complexity index is 6500. The number of pyridine rings is 1. The number of methoxy groups -OCH3 is 2. The Balaban J connectivity index is 0.000000126. The lowest BCUT2D eigenvalue weighted by Gasteiger charge is -2.35. The summed E-state index contributed by atoms with van der Waals surface area (Å²) in [7, 11) is 3.17. The zero-order chi connectivity index (χ0) is 93.6. The van der Waals surface area contributed by atoms with E-state index in [4.69, 9.17) is 76.3 Å². The number of aromatic nitrogens is 15. The van der Waals surface area contributed by atoms with Gasteiger partial charge in [-0.3, -0.25) is 37.9 Å². The Kier molecular flexibility index (Phi) is 30.4. The van der Waals surface area contributed by atoms with E-state index in [1.54, 1.807) is 70.0 Å². The predicted molar refractivity (Wildman–Crippen MR) is 531 cm³/mol. The maximum Gasteiger partial charge on any atom is 0.244 e. The molecule has 8 aromatic carbocycles. The van der Waals surface area contributed by atoms with Crippen LogP contribution in [0.25, 0.3) is 90.1 Å². The van der Waals surface area contributed by atoms with Gasteiger partial charge < -0.3 is 48.7 Å². The molecule has 136 heavy (non-hydrogen) atoms. The topological polar surface area (TPSA) is 274 Å². The van der Waals surface area contributed by atoms with Gasteiger partial charge in [0, 0.05) is 172 Å². The first kappa shape index (κ1) is 92.7. The van der Waals surface area contributed by atoms with Gasteiger partial charge in [0.2, 0.25) is 41.4 Å². The van der Waals surface area contributed by atoms with Gasteiger partial charge in [0.15, 0.2) is 5.75 Å². The van der Waals surface area contributed by atoms with Crippen molar-refractivity contribution < 1.29 is 28.7 Å². The van der Waals surface area contributed by atoms with E-state index in [-0.39, 0.29) is 49.8 Å². The number of hydrogen-bond acceptors (Lipinski definition) is 21. The van der Waals surface area contributed by atoms with Crippen LogP contribution < -0.4 is 29.1 Å². The Hall–Kier alpha value is -15.2. The molecular formula is C103H97Cl4N23O6. The normalized spacial score (nSPS) is 13.8. The number of benzene rings is 8. The molecule has 4 amide bonds. The second-order valence-corrected chi connectivity index (χ2v) is 34.1. The summed E-state index contributed by atoms with van der Waals surface area (Å²) in [6.07, 6.45) is 10.1. The number of carbonyl (C=O) groups is 4. The SMILES string of the molecule is COc1cc(N2CCN(C(=O)Cn3nc(-c4cccc(Cl)c4)cc3-c3ccccc3)CC2)ncn1.COc1cnc(N2CCN(C(=O)Cn3nc(-c4cccc(Cl)c4)cc3-c3ccccc3)CC2)nc1.O=C(Cn1nc(-c2cccc(Cl)c2)cc1-c1ccccc1)N1CCN(c2ccccn2)CC1.O=C(Cn1nc(-c2cccc(Cl)c2)cc1-c1ccccc1)N1CCN(c2ncccn2)CC1. The lowest BCUT2D eigenvalue weighted by atomic mass is 10.1. The first-order chi connectivity index (χ1) is 66.5. The molecule has 4 fully saturated rings. The van der Waals surface area contributed by atoms with E-state index in [9.17, 15) is 19.2 Å². The minimum absolute atomic E-state index is 0.0261. The molecule has 12 heterocycles. The molecular weight excluding hydrogens is 1800 g/mol. The highest BCUT2D eigenvalue weighted by atomic mass is 35.5. The Morgan fingerprint density at radius 1 is 0.272 bits per heavy atom. The summed E-state index contributed by atoms with van der Waals surface area (Å²) in [5, 5.41) is 21.7. The molecule has 0 spiro atoms. The molecule has 29 nitrogen and oxygen atoms in total. The second-order valence-electron chi connectivity index (χ2n) is 32.3. The molecule has 0 radical (unpaired) electrons. The van der Waals surface area contributed by atoms with Gasteiger partial charge in [0.1, 0.15) is 44.1 Å². The number of hydrogen-bond donors (Lipinski definition) is 0. The van der Waals surface area contributed by atoms with Gasteiger partial charge >= 0.3 is 0 Å². The van der Waals surface area contributed by atoms with Crippen molar-refractivity contribution in [2.75, 3.05) is 139 Å². The molecule has 16 aromatic rings. The fourth-order valence-corrected chi connectivity index (χ4v) is 17.2. The lowest BCUT2D eigenvalue weighted by Crippen LogP contribution is -2.50. The third-order valence-electron chi connectivity index (χ3n) is 23.7. The summed E-state index contributed by atoms with van der Waals surface area (Å²) >= 11 is 24.8. The van der Waals surface area contributed by atoms with Crippen molar-refractivity contribution in [2.24, 2.45) is 0 Å². The van der Waals surface area contributed by atoms with Crippen molar-refractivity contribution in [1.29, 1.82) is 0 Å². The summed E-state index contributed by atoms with van der Waals surface area (Å²) in [4.78, 5) is 99.1. The van der Waals surface area contributed by atoms with Crippen molar-refractivity contribution in [3.05, 3.63) is 330 Å². The molecule has 4 aliphatic heterocycles. The van der Waals surface area contributed by atoms with Crippen LogP contribution in [0.5, 0.6) is 11.6 Å². The average molecular weight is 1890 g/mol. The van der Waals surface area contributed by atoms with E-state index in [0.717, 1.165) is 115 Å². The minimum atomic E-state index is 0.0261. The van der Waals surface area contributed by atoms with Gasteiger partial charge in [-0.1, -0.05) is 222 Å². The number of rotatable bonds is 22. The number of piperazine rings is 4. The number of ether oxygens (including phenoxy) is 2. The maximum absolute atomic E-state index is 13.3. The molecule has 0 bridgehead atoms. The van der Waals surface area contributed by atoms with Gasteiger partial charge in [-0.25, -0.2) is 34.9 Å². The van der Waals surface area contributed by atoms with Crippen molar-refractivity contribution in [1.82, 2.24) is 93.6 Å². The van der Waals surface area contributed by atoms with E-state index < -0.39 is 0 Å². The largest absolute Gasteiger partial charge is 0.494 e. The minimum Gasteiger partial charge on any atom is -0.494 e. The van der Waals surface area contributed by atoms with Gasteiger partial charge in [-0.15, -0.1) is 0 Å². The highest BCUT2D eigenvalue weighted by Crippen LogP contribution is 2.35. The standard InChI is InChI=1S/2C26H25ClN6O2.C26H24ClN5O.C25H23ClN6O/c1-35-22-16-28-26(29-17-22)32-12-10-31(11-13-32)25(34)18-33-24(19-6-3-2-4-7-19)15-23(30-33)20-8-5-9-21(27)14-20;1-35-25-16-24(28-18-29-25)31-10-12-32(13-11-31)26(34)17-33-23(19-6-3-2-4-7-19)15-22(30-33)20-8-5-9-21(27)14-20;27-22-10-6-9-21(17-22)23-18-24(20-7-2-1-3-8-20)32(29-23)19-26(33)31-15-13-30(14-16-31)25-11-4-5-12-28-25;26-21-9-4-8-20(16-21)22-17-23(19-6-2-1-3-7-19)32(29-22)18-24(33)30-12-14-31(15-13-30)25-27-10-5-11-28-25/h2-9,14-17H,10-13,18H2,1H3;2-9,14-16,18H,10-13,17H2,1H3;1-12,17-18H,13-16,19H2;1-11,16-17H,12-15,18H2. The first-order valence-electron chi connectivity index (χ1n) is 44.6. The third-order valence-corrected chi connectivity index (χ3v) is 24.6. The second kappa shape index (κ2) is 44.6. The van der Waals surface area contributed by atoms with E-state index in [2.05, 4.69) is 54.5 Å². The summed E-state index contributed by atoms with van der Waals surface area (Å²) in [5.74, 6) is 4.40. The van der Waals surface area contributed by atoms with Crippen LogP contribution >= 0.6 is 46.4 Å². The van der Waals surface area contributed by atoms with Gasteiger partial charge in [-0.05, 0) is 113 Å². The monoisotopic (exact) mass is 1890 g/mol. The zero-order valence-corrected chi connectivity index (χ0v) is 77.9. The van der Waals surface area contributed by atoms with Crippen LogP contribution in [0.1, 0.15) is 0 Å². The van der Waals surface area contributed by atoms with E-state index in [1.807, 2.05) is 287 Å². The highest BCUT2D eigenvalue weighted by Gasteiger charge is 2.31. The molecule has 4 aliphatic rings. The molecule has 0 saturated carbocycles. The van der Waals surface area contributed by atoms with Crippen molar-refractivity contribution in [2.45, 2.75) is 26.2 Å². The smallest absolute Gasteiger partial charge is 0.244 e. The Morgan fingerprint density at radius 3 is 0.868 bits per heavy atom. The number of halogens is 4. The molecule has 8 aromatic heterocycles. The van der Waals surface area contributed by atoms with Crippen LogP contribution in [0, 0.1) is 0 Å². The van der Waals surface area contributed by atoms with Crippen LogP contribution in [0.2, 0.25) is 20.1 Å². The van der Waals surface area contributed by atoms with Gasteiger partial charge in [-0.2, -0.15) is 20.4 Å². The maximum atomic E-state index is 13.3. The number of anilines is 4. The van der Waals surface area contributed by atoms with Crippen molar-refractivity contribution >= 4 is 93.6 Å². The third kappa shape index (κ3) is 23.5. The van der Waals surface area contributed by atoms with Crippen LogP contribution in [-0.2, 0) is 45.4 Å². The van der Waals surface area contributed by atoms with Crippen LogP contribution in [0.3, 0.4) is 0 Å². The summed E-state index contributed by atoms with van der Waals surface area (Å²) < 4.78 is 17.5. The lowest BCUT2D eigenvalue weighted by molar-refractivity contribution is -0.133. The average Bonchev–Trinajstić information content (AvgIpc) is 1.67. The number of nitrogens with zero attached hydrogens (tertiary/aromatic N) is 23.